The first-order chi connectivity index (χ1) is 15.3. The van der Waals surface area contributed by atoms with Gasteiger partial charge in [-0.05, 0) is 54.3 Å². The second-order valence-corrected chi connectivity index (χ2v) is 10.4. The van der Waals surface area contributed by atoms with Gasteiger partial charge >= 0.3 is 0 Å². The highest BCUT2D eigenvalue weighted by Crippen LogP contribution is 2.23. The van der Waals surface area contributed by atoms with Crippen LogP contribution in [0.4, 0.5) is 0 Å². The lowest BCUT2D eigenvalue weighted by Crippen LogP contribution is -2.44. The molecule has 0 saturated heterocycles. The Hall–Kier alpha value is -2.67. The molecule has 0 aromatic heterocycles. The van der Waals surface area contributed by atoms with Crippen LogP contribution >= 0.6 is 11.6 Å². The number of rotatable bonds is 6. The molecule has 0 bridgehead atoms. The highest BCUT2D eigenvalue weighted by molar-refractivity contribution is 7.89. The van der Waals surface area contributed by atoms with E-state index in [-0.39, 0.29) is 23.9 Å². The molecule has 0 aliphatic carbocycles. The van der Waals surface area contributed by atoms with E-state index in [1.807, 2.05) is 49.4 Å². The fraction of sp³-hybridized carbons (Fsp3) is 0.240. The Bertz CT molecular complexity index is 1210. The average molecular weight is 469 g/mol. The molecule has 0 N–H and O–H groups in total. The molecular weight excluding hydrogens is 444 g/mol. The lowest BCUT2D eigenvalue weighted by Gasteiger charge is -2.31. The van der Waals surface area contributed by atoms with Crippen molar-refractivity contribution in [1.82, 2.24) is 9.21 Å². The minimum atomic E-state index is -3.89. The number of sulfonamides is 1. The highest BCUT2D eigenvalue weighted by atomic mass is 35.5. The van der Waals surface area contributed by atoms with Gasteiger partial charge in [-0.1, -0.05) is 65.7 Å². The summed E-state index contributed by atoms with van der Waals surface area (Å²) >= 11 is 5.94. The van der Waals surface area contributed by atoms with Crippen LogP contribution in [0.3, 0.4) is 0 Å². The Balaban J connectivity index is 1.59. The second kappa shape index (κ2) is 9.45. The van der Waals surface area contributed by atoms with E-state index in [4.69, 9.17) is 11.6 Å². The van der Waals surface area contributed by atoms with Gasteiger partial charge in [-0.3, -0.25) is 4.79 Å². The van der Waals surface area contributed by atoms with Crippen LogP contribution in [-0.4, -0.2) is 36.6 Å². The lowest BCUT2D eigenvalue weighted by atomic mass is 10.00. The molecule has 3 aromatic rings. The van der Waals surface area contributed by atoms with Crippen molar-refractivity contribution in [2.24, 2.45) is 0 Å². The molecule has 0 radical (unpaired) electrons. The zero-order valence-electron chi connectivity index (χ0n) is 17.9. The highest BCUT2D eigenvalue weighted by Gasteiger charge is 2.30. The van der Waals surface area contributed by atoms with E-state index in [1.54, 1.807) is 17.0 Å². The predicted molar refractivity (Wildman–Crippen MR) is 126 cm³/mol. The summed E-state index contributed by atoms with van der Waals surface area (Å²) in [5.41, 5.74) is 4.26. The van der Waals surface area contributed by atoms with E-state index in [0.717, 1.165) is 23.1 Å². The van der Waals surface area contributed by atoms with Gasteiger partial charge in [-0.25, -0.2) is 8.42 Å². The minimum Gasteiger partial charge on any atom is -0.337 e. The number of nitrogens with zero attached hydrogens (tertiary/aromatic N) is 2. The van der Waals surface area contributed by atoms with E-state index >= 15 is 0 Å². The fourth-order valence-corrected chi connectivity index (χ4v) is 5.34. The molecule has 1 heterocycles. The van der Waals surface area contributed by atoms with Crippen LogP contribution < -0.4 is 0 Å². The van der Waals surface area contributed by atoms with Gasteiger partial charge in [0.1, 0.15) is 0 Å². The summed E-state index contributed by atoms with van der Waals surface area (Å²) in [4.78, 5) is 15.0. The first-order valence-corrected chi connectivity index (χ1v) is 12.3. The van der Waals surface area contributed by atoms with Crippen molar-refractivity contribution < 1.29 is 13.2 Å². The number of benzene rings is 3. The van der Waals surface area contributed by atoms with E-state index < -0.39 is 10.0 Å². The normalized spacial score (nSPS) is 13.8. The van der Waals surface area contributed by atoms with Gasteiger partial charge in [0.15, 0.2) is 0 Å². The summed E-state index contributed by atoms with van der Waals surface area (Å²) in [6.45, 7) is 2.94. The number of amides is 1. The molecule has 166 valence electrons. The lowest BCUT2D eigenvalue weighted by molar-refractivity contribution is -0.132. The standard InChI is InChI=1S/C25H25ClN2O3S/c1-19-6-8-20(9-7-19)16-28(32(30,31)24-12-10-23(26)11-13-24)18-25(29)27-15-14-21-4-2-3-5-22(21)17-27/h2-13H,14-18H2,1H3. The van der Waals surface area contributed by atoms with Crippen LogP contribution in [0.2, 0.25) is 5.02 Å². The molecule has 1 aliphatic rings. The smallest absolute Gasteiger partial charge is 0.243 e. The molecular formula is C25H25ClN2O3S. The number of aryl methyl sites for hydroxylation is 1. The number of carbonyl (C=O) groups is 1. The Kier molecular flexibility index (Phi) is 6.65. The van der Waals surface area contributed by atoms with Crippen LogP contribution in [0.25, 0.3) is 0 Å². The maximum atomic E-state index is 13.4. The molecule has 4 rings (SSSR count). The largest absolute Gasteiger partial charge is 0.337 e. The van der Waals surface area contributed by atoms with Gasteiger partial charge in [0.25, 0.3) is 0 Å². The predicted octanol–water partition coefficient (Wildman–Crippen LogP) is 4.42. The summed E-state index contributed by atoms with van der Waals surface area (Å²) in [7, 11) is -3.89. The van der Waals surface area contributed by atoms with Crippen molar-refractivity contribution >= 4 is 27.5 Å². The average Bonchev–Trinajstić information content (AvgIpc) is 2.80. The van der Waals surface area contributed by atoms with Gasteiger partial charge in [-0.15, -0.1) is 0 Å². The quantitative estimate of drug-likeness (QED) is 0.538. The number of hydrogen-bond acceptors (Lipinski definition) is 3. The fourth-order valence-electron chi connectivity index (χ4n) is 3.84. The van der Waals surface area contributed by atoms with Gasteiger partial charge < -0.3 is 4.90 Å². The van der Waals surface area contributed by atoms with E-state index in [2.05, 4.69) is 6.07 Å². The Morgan fingerprint density at radius 1 is 0.969 bits per heavy atom. The van der Waals surface area contributed by atoms with Crippen molar-refractivity contribution in [2.75, 3.05) is 13.1 Å². The third-order valence-corrected chi connectivity index (χ3v) is 7.78. The Morgan fingerprint density at radius 2 is 1.62 bits per heavy atom. The van der Waals surface area contributed by atoms with Crippen LogP contribution in [0.15, 0.2) is 77.7 Å². The van der Waals surface area contributed by atoms with E-state index in [1.165, 1.54) is 22.0 Å². The number of fused-ring (bicyclic) bond motifs is 1. The second-order valence-electron chi connectivity index (χ2n) is 8.05. The Morgan fingerprint density at radius 3 is 2.31 bits per heavy atom. The molecule has 0 fully saturated rings. The van der Waals surface area contributed by atoms with Crippen molar-refractivity contribution in [1.29, 1.82) is 0 Å². The molecule has 32 heavy (non-hydrogen) atoms. The third kappa shape index (κ3) is 5.04. The molecule has 7 heteroatoms. The summed E-state index contributed by atoms with van der Waals surface area (Å²) in [5.74, 6) is -0.204. The molecule has 0 saturated carbocycles. The molecule has 0 atom stereocenters. The first kappa shape index (κ1) is 22.5. The molecule has 0 unspecified atom stereocenters. The number of carbonyl (C=O) groups excluding carboxylic acids is 1. The number of halogens is 1. The van der Waals surface area contributed by atoms with Crippen LogP contribution in [-0.2, 0) is 34.3 Å². The van der Waals surface area contributed by atoms with E-state index in [0.29, 0.717) is 18.1 Å². The summed E-state index contributed by atoms with van der Waals surface area (Å²) in [6.07, 6.45) is 0.768. The van der Waals surface area contributed by atoms with Gasteiger partial charge in [-0.2, -0.15) is 4.31 Å². The molecule has 3 aromatic carbocycles. The maximum Gasteiger partial charge on any atom is 0.243 e. The van der Waals surface area contributed by atoms with Gasteiger partial charge in [0, 0.05) is 24.7 Å². The van der Waals surface area contributed by atoms with Crippen LogP contribution in [0.1, 0.15) is 22.3 Å². The zero-order valence-corrected chi connectivity index (χ0v) is 19.4. The Labute approximate surface area is 194 Å². The van der Waals surface area contributed by atoms with E-state index in [9.17, 15) is 13.2 Å². The van der Waals surface area contributed by atoms with Crippen molar-refractivity contribution in [3.63, 3.8) is 0 Å². The van der Waals surface area contributed by atoms with Crippen molar-refractivity contribution in [2.45, 2.75) is 31.3 Å². The SMILES string of the molecule is Cc1ccc(CN(CC(=O)N2CCc3ccccc3C2)S(=O)(=O)c2ccc(Cl)cc2)cc1. The summed E-state index contributed by atoms with van der Waals surface area (Å²) in [6, 6.07) is 21.7. The summed E-state index contributed by atoms with van der Waals surface area (Å²) in [5, 5.41) is 0.456. The van der Waals surface area contributed by atoms with Gasteiger partial charge in [0.05, 0.1) is 11.4 Å². The third-order valence-electron chi connectivity index (χ3n) is 5.73. The van der Waals surface area contributed by atoms with Crippen molar-refractivity contribution in [3.8, 4) is 0 Å². The number of hydrogen-bond donors (Lipinski definition) is 0. The topological polar surface area (TPSA) is 57.7 Å². The maximum absolute atomic E-state index is 13.4. The van der Waals surface area contributed by atoms with Crippen LogP contribution in [0, 0.1) is 6.92 Å². The molecule has 1 aliphatic heterocycles. The zero-order chi connectivity index (χ0) is 22.7. The molecule has 5 nitrogen and oxygen atoms in total. The van der Waals surface area contributed by atoms with Gasteiger partial charge in [0.2, 0.25) is 15.9 Å². The molecule has 0 spiro atoms. The minimum absolute atomic E-state index is 0.113. The summed E-state index contributed by atoms with van der Waals surface area (Å²) < 4.78 is 28.1. The van der Waals surface area contributed by atoms with Crippen molar-refractivity contribution in [3.05, 3.63) is 100 Å². The first-order valence-electron chi connectivity index (χ1n) is 10.5. The molecule has 1 amide bonds. The van der Waals surface area contributed by atoms with Crippen LogP contribution in [0.5, 0.6) is 0 Å². The monoisotopic (exact) mass is 468 g/mol.